The lowest BCUT2D eigenvalue weighted by Crippen LogP contribution is -2.45. The van der Waals surface area contributed by atoms with Crippen LogP contribution in [0.4, 0.5) is 0 Å². The number of nitrogens with one attached hydrogen (secondary N) is 1. The first-order valence-electron chi connectivity index (χ1n) is 7.44. The number of aromatic hydroxyl groups is 1. The largest absolute Gasteiger partial charge is 0.508 e. The molecular formula is C17H23NO3. The van der Waals surface area contributed by atoms with Gasteiger partial charge in [0.25, 0.3) is 0 Å². The third-order valence-electron chi connectivity index (χ3n) is 3.98. The summed E-state index contributed by atoms with van der Waals surface area (Å²) in [6.07, 6.45) is 6.78. The molecule has 2 atom stereocenters. The Kier molecular flexibility index (Phi) is 5.02. The Morgan fingerprint density at radius 2 is 2.14 bits per heavy atom. The lowest BCUT2D eigenvalue weighted by atomic mass is 9.79. The van der Waals surface area contributed by atoms with E-state index in [0.717, 1.165) is 31.2 Å². The molecule has 1 fully saturated rings. The van der Waals surface area contributed by atoms with Crippen LogP contribution in [0.5, 0.6) is 5.75 Å². The summed E-state index contributed by atoms with van der Waals surface area (Å²) >= 11 is 0. The van der Waals surface area contributed by atoms with Gasteiger partial charge in [0.05, 0.1) is 5.60 Å². The second kappa shape index (κ2) is 6.76. The van der Waals surface area contributed by atoms with E-state index in [1.807, 2.05) is 0 Å². The van der Waals surface area contributed by atoms with Gasteiger partial charge >= 0.3 is 0 Å². The molecule has 1 saturated carbocycles. The summed E-state index contributed by atoms with van der Waals surface area (Å²) in [4.78, 5) is 11.8. The van der Waals surface area contributed by atoms with Crippen molar-refractivity contribution in [2.75, 3.05) is 6.54 Å². The monoisotopic (exact) mass is 289 g/mol. The van der Waals surface area contributed by atoms with Crippen LogP contribution in [0.1, 0.15) is 38.2 Å². The van der Waals surface area contributed by atoms with Crippen LogP contribution in [-0.2, 0) is 4.79 Å². The van der Waals surface area contributed by atoms with Gasteiger partial charge in [0.15, 0.2) is 0 Å². The normalized spacial score (nSPS) is 25.9. The number of phenols is 1. The number of rotatable bonds is 4. The summed E-state index contributed by atoms with van der Waals surface area (Å²) in [6.45, 7) is 2.44. The molecule has 4 heteroatoms. The summed E-state index contributed by atoms with van der Waals surface area (Å²) in [7, 11) is 0. The maximum absolute atomic E-state index is 11.8. The molecule has 2 unspecified atom stereocenters. The molecule has 1 aromatic carbocycles. The summed E-state index contributed by atoms with van der Waals surface area (Å²) in [5.74, 6) is 0.494. The van der Waals surface area contributed by atoms with Gasteiger partial charge in [-0.1, -0.05) is 31.9 Å². The van der Waals surface area contributed by atoms with Gasteiger partial charge in [0.2, 0.25) is 5.91 Å². The zero-order chi connectivity index (χ0) is 15.3. The van der Waals surface area contributed by atoms with E-state index in [0.29, 0.717) is 12.5 Å². The highest BCUT2D eigenvalue weighted by atomic mass is 16.3. The first-order chi connectivity index (χ1) is 9.97. The van der Waals surface area contributed by atoms with Gasteiger partial charge in [-0.2, -0.15) is 0 Å². The van der Waals surface area contributed by atoms with Crippen molar-refractivity contribution in [3.8, 4) is 5.75 Å². The van der Waals surface area contributed by atoms with E-state index in [-0.39, 0.29) is 11.7 Å². The number of aliphatic hydroxyl groups is 1. The maximum Gasteiger partial charge on any atom is 0.244 e. The van der Waals surface area contributed by atoms with Crippen LogP contribution in [0.3, 0.4) is 0 Å². The highest BCUT2D eigenvalue weighted by molar-refractivity contribution is 5.91. The van der Waals surface area contributed by atoms with Crippen molar-refractivity contribution in [2.45, 2.75) is 38.2 Å². The van der Waals surface area contributed by atoms with Gasteiger partial charge in [-0.15, -0.1) is 0 Å². The van der Waals surface area contributed by atoms with Crippen molar-refractivity contribution in [3.05, 3.63) is 35.9 Å². The van der Waals surface area contributed by atoms with Crippen LogP contribution in [0.2, 0.25) is 0 Å². The third kappa shape index (κ3) is 4.90. The fourth-order valence-electron chi connectivity index (χ4n) is 2.86. The number of amides is 1. The van der Waals surface area contributed by atoms with Gasteiger partial charge in [-0.3, -0.25) is 4.79 Å². The van der Waals surface area contributed by atoms with Crippen molar-refractivity contribution in [1.29, 1.82) is 0 Å². The fourth-order valence-corrected chi connectivity index (χ4v) is 2.86. The van der Waals surface area contributed by atoms with Gasteiger partial charge < -0.3 is 15.5 Å². The van der Waals surface area contributed by atoms with Crippen LogP contribution >= 0.6 is 0 Å². The molecule has 2 rings (SSSR count). The molecule has 1 amide bonds. The molecule has 21 heavy (non-hydrogen) atoms. The molecular weight excluding hydrogens is 266 g/mol. The minimum Gasteiger partial charge on any atom is -0.508 e. The van der Waals surface area contributed by atoms with Crippen LogP contribution < -0.4 is 5.32 Å². The van der Waals surface area contributed by atoms with Gasteiger partial charge in [-0.05, 0) is 42.5 Å². The molecule has 1 aliphatic carbocycles. The molecule has 4 nitrogen and oxygen atoms in total. The molecule has 0 radical (unpaired) electrons. The van der Waals surface area contributed by atoms with Crippen molar-refractivity contribution in [2.24, 2.45) is 5.92 Å². The minimum atomic E-state index is -0.764. The van der Waals surface area contributed by atoms with E-state index in [2.05, 4.69) is 12.2 Å². The number of carbonyl (C=O) groups excluding carboxylic acids is 1. The van der Waals surface area contributed by atoms with Crippen LogP contribution in [-0.4, -0.2) is 28.3 Å². The number of hydrogen-bond donors (Lipinski definition) is 3. The number of carbonyl (C=O) groups is 1. The second-order valence-electron chi connectivity index (χ2n) is 6.07. The van der Waals surface area contributed by atoms with E-state index >= 15 is 0 Å². The molecule has 1 aliphatic rings. The van der Waals surface area contributed by atoms with E-state index in [1.54, 1.807) is 30.3 Å². The molecule has 0 saturated heterocycles. The Morgan fingerprint density at radius 1 is 1.43 bits per heavy atom. The SMILES string of the molecule is CC1CCCC(O)(CNC(=O)C=Cc2ccc(O)cc2)C1. The summed E-state index contributed by atoms with van der Waals surface area (Å²) in [6, 6.07) is 6.61. The smallest absolute Gasteiger partial charge is 0.244 e. The molecule has 3 N–H and O–H groups in total. The summed E-state index contributed by atoms with van der Waals surface area (Å²) in [5.41, 5.74) is 0.0765. The Labute approximate surface area is 125 Å². The van der Waals surface area contributed by atoms with E-state index < -0.39 is 5.60 Å². The average Bonchev–Trinajstić information content (AvgIpc) is 2.44. The number of hydrogen-bond acceptors (Lipinski definition) is 3. The predicted molar refractivity (Wildman–Crippen MR) is 82.7 cm³/mol. The fraction of sp³-hybridized carbons (Fsp3) is 0.471. The first kappa shape index (κ1) is 15.6. The van der Waals surface area contributed by atoms with Gasteiger partial charge in [-0.25, -0.2) is 0 Å². The van der Waals surface area contributed by atoms with Crippen molar-refractivity contribution < 1.29 is 15.0 Å². The van der Waals surface area contributed by atoms with Crippen LogP contribution in [0.25, 0.3) is 6.08 Å². The highest BCUT2D eigenvalue weighted by Gasteiger charge is 2.32. The molecule has 114 valence electrons. The Hall–Kier alpha value is -1.81. The van der Waals surface area contributed by atoms with Gasteiger partial charge in [0.1, 0.15) is 5.75 Å². The summed E-state index contributed by atoms with van der Waals surface area (Å²) in [5, 5.41) is 22.4. The predicted octanol–water partition coefficient (Wildman–Crippen LogP) is 2.46. The zero-order valence-electron chi connectivity index (χ0n) is 12.4. The zero-order valence-corrected chi connectivity index (χ0v) is 12.4. The van der Waals surface area contributed by atoms with E-state index in [9.17, 15) is 15.0 Å². The Bertz CT molecular complexity index is 509. The topological polar surface area (TPSA) is 69.6 Å². The second-order valence-corrected chi connectivity index (χ2v) is 6.07. The van der Waals surface area contributed by atoms with Gasteiger partial charge in [0, 0.05) is 12.6 Å². The Morgan fingerprint density at radius 3 is 2.81 bits per heavy atom. The van der Waals surface area contributed by atoms with E-state index in [1.165, 1.54) is 6.08 Å². The quantitative estimate of drug-likeness (QED) is 0.746. The van der Waals surface area contributed by atoms with E-state index in [4.69, 9.17) is 0 Å². The van der Waals surface area contributed by atoms with Crippen molar-refractivity contribution in [3.63, 3.8) is 0 Å². The molecule has 0 heterocycles. The highest BCUT2D eigenvalue weighted by Crippen LogP contribution is 2.31. The molecule has 0 aliphatic heterocycles. The first-order valence-corrected chi connectivity index (χ1v) is 7.44. The third-order valence-corrected chi connectivity index (χ3v) is 3.98. The maximum atomic E-state index is 11.8. The van der Waals surface area contributed by atoms with Crippen LogP contribution in [0, 0.1) is 5.92 Å². The molecule has 0 bridgehead atoms. The average molecular weight is 289 g/mol. The lowest BCUT2D eigenvalue weighted by Gasteiger charge is -2.35. The molecule has 0 aromatic heterocycles. The van der Waals surface area contributed by atoms with Crippen molar-refractivity contribution >= 4 is 12.0 Å². The standard InChI is InChI=1S/C17H23NO3/c1-13-3-2-10-17(21,11-13)12-18-16(20)9-6-14-4-7-15(19)8-5-14/h4-9,13,19,21H,2-3,10-12H2,1H3,(H,18,20). The molecule has 0 spiro atoms. The summed E-state index contributed by atoms with van der Waals surface area (Å²) < 4.78 is 0. The number of phenolic OH excluding ortho intramolecular Hbond substituents is 1. The van der Waals surface area contributed by atoms with Crippen LogP contribution in [0.15, 0.2) is 30.3 Å². The number of benzene rings is 1. The minimum absolute atomic E-state index is 0.199. The van der Waals surface area contributed by atoms with Crippen molar-refractivity contribution in [1.82, 2.24) is 5.32 Å². The molecule has 1 aromatic rings. The Balaban J connectivity index is 1.83. The lowest BCUT2D eigenvalue weighted by molar-refractivity contribution is -0.118.